The Bertz CT molecular complexity index is 628. The highest BCUT2D eigenvalue weighted by molar-refractivity contribution is 7.14. The topological polar surface area (TPSA) is 59.0 Å². The lowest BCUT2D eigenvalue weighted by Crippen LogP contribution is -2.34. The first-order chi connectivity index (χ1) is 10.3. The van der Waals surface area contributed by atoms with Gasteiger partial charge in [-0.15, -0.1) is 22.7 Å². The summed E-state index contributed by atoms with van der Waals surface area (Å²) in [6, 6.07) is 9.51. The Morgan fingerprint density at radius 1 is 1.24 bits per heavy atom. The van der Waals surface area contributed by atoms with Crippen LogP contribution in [-0.2, 0) is 0 Å². The Morgan fingerprint density at radius 3 is 2.76 bits per heavy atom. The number of nitrogens with zero attached hydrogens (tertiary/aromatic N) is 2. The van der Waals surface area contributed by atoms with E-state index in [4.69, 9.17) is 0 Å². The molecule has 0 aliphatic rings. The van der Waals surface area contributed by atoms with Gasteiger partial charge in [0.25, 0.3) is 0 Å². The van der Waals surface area contributed by atoms with Gasteiger partial charge in [0.15, 0.2) is 0 Å². The Balaban J connectivity index is 1.64. The number of carbonyl (C=O) groups excluding carboxylic acids is 1. The molecule has 3 rings (SSSR count). The van der Waals surface area contributed by atoms with Gasteiger partial charge in [0, 0.05) is 23.8 Å². The van der Waals surface area contributed by atoms with E-state index >= 15 is 0 Å². The standard InChI is InChI=1S/C14H14N4OS2/c19-14(17-13-5-2-9-21-13)15-10-11(12-4-1-8-20-12)18-7-3-6-16-18/h1-9,11H,10H2,(H2,15,17,19). The van der Waals surface area contributed by atoms with E-state index in [0.717, 1.165) is 9.88 Å². The lowest BCUT2D eigenvalue weighted by atomic mass is 10.2. The summed E-state index contributed by atoms with van der Waals surface area (Å²) in [7, 11) is 0. The van der Waals surface area contributed by atoms with E-state index in [-0.39, 0.29) is 12.1 Å². The van der Waals surface area contributed by atoms with Crippen molar-refractivity contribution in [1.82, 2.24) is 15.1 Å². The second kappa shape index (κ2) is 6.55. The van der Waals surface area contributed by atoms with E-state index < -0.39 is 0 Å². The first-order valence-corrected chi connectivity index (χ1v) is 8.20. The van der Waals surface area contributed by atoms with Crippen LogP contribution in [0.15, 0.2) is 53.5 Å². The molecule has 0 saturated heterocycles. The zero-order valence-electron chi connectivity index (χ0n) is 11.1. The van der Waals surface area contributed by atoms with Gasteiger partial charge in [-0.1, -0.05) is 6.07 Å². The van der Waals surface area contributed by atoms with Crippen LogP contribution >= 0.6 is 22.7 Å². The Hall–Kier alpha value is -2.12. The SMILES string of the molecule is O=C(NCC(c1cccs1)n1cccn1)Nc1cccs1. The van der Waals surface area contributed by atoms with E-state index in [0.29, 0.717) is 6.54 Å². The van der Waals surface area contributed by atoms with Crippen LogP contribution in [0.3, 0.4) is 0 Å². The molecule has 0 spiro atoms. The maximum atomic E-state index is 11.9. The second-order valence-corrected chi connectivity index (χ2v) is 6.26. The van der Waals surface area contributed by atoms with Crippen molar-refractivity contribution in [3.8, 4) is 0 Å². The molecule has 0 aliphatic heterocycles. The molecule has 5 nitrogen and oxygen atoms in total. The number of rotatable bonds is 5. The van der Waals surface area contributed by atoms with Crippen molar-refractivity contribution in [2.24, 2.45) is 0 Å². The largest absolute Gasteiger partial charge is 0.335 e. The zero-order chi connectivity index (χ0) is 14.5. The number of nitrogens with one attached hydrogen (secondary N) is 2. The molecule has 2 N–H and O–H groups in total. The fraction of sp³-hybridized carbons (Fsp3) is 0.143. The zero-order valence-corrected chi connectivity index (χ0v) is 12.7. The molecule has 0 aromatic carbocycles. The minimum atomic E-state index is -0.203. The van der Waals surface area contributed by atoms with E-state index in [2.05, 4.69) is 21.8 Å². The van der Waals surface area contributed by atoms with E-state index in [1.165, 1.54) is 11.3 Å². The van der Waals surface area contributed by atoms with Crippen molar-refractivity contribution in [2.75, 3.05) is 11.9 Å². The molecule has 1 atom stereocenters. The van der Waals surface area contributed by atoms with Crippen molar-refractivity contribution in [3.63, 3.8) is 0 Å². The molecule has 0 saturated carbocycles. The van der Waals surface area contributed by atoms with Crippen molar-refractivity contribution >= 4 is 33.7 Å². The van der Waals surface area contributed by atoms with Gasteiger partial charge in [0.2, 0.25) is 0 Å². The van der Waals surface area contributed by atoms with Crippen LogP contribution in [-0.4, -0.2) is 22.4 Å². The third kappa shape index (κ3) is 3.50. The molecule has 0 bridgehead atoms. The molecule has 3 aromatic heterocycles. The van der Waals surface area contributed by atoms with Gasteiger partial charge in [0.1, 0.15) is 6.04 Å². The van der Waals surface area contributed by atoms with Crippen LogP contribution in [0.2, 0.25) is 0 Å². The molecule has 1 unspecified atom stereocenters. The predicted molar refractivity (Wildman–Crippen MR) is 86.0 cm³/mol. The van der Waals surface area contributed by atoms with E-state index in [1.807, 2.05) is 45.9 Å². The highest BCUT2D eigenvalue weighted by atomic mass is 32.1. The number of carbonyl (C=O) groups is 1. The fourth-order valence-corrected chi connectivity index (χ4v) is 3.40. The summed E-state index contributed by atoms with van der Waals surface area (Å²) >= 11 is 3.15. The van der Waals surface area contributed by atoms with Crippen LogP contribution in [0.1, 0.15) is 10.9 Å². The number of aromatic nitrogens is 2. The minimum absolute atomic E-state index is 0.00841. The van der Waals surface area contributed by atoms with Gasteiger partial charge in [-0.3, -0.25) is 10.00 Å². The lowest BCUT2D eigenvalue weighted by Gasteiger charge is -2.17. The molecule has 21 heavy (non-hydrogen) atoms. The van der Waals surface area contributed by atoms with Crippen molar-refractivity contribution in [2.45, 2.75) is 6.04 Å². The molecular formula is C14H14N4OS2. The molecule has 0 aliphatic carbocycles. The Labute approximate surface area is 130 Å². The molecular weight excluding hydrogens is 304 g/mol. The van der Waals surface area contributed by atoms with Crippen LogP contribution < -0.4 is 10.6 Å². The highest BCUT2D eigenvalue weighted by Crippen LogP contribution is 2.22. The van der Waals surface area contributed by atoms with E-state index in [1.54, 1.807) is 17.5 Å². The summed E-state index contributed by atoms with van der Waals surface area (Å²) in [4.78, 5) is 13.1. The summed E-state index contributed by atoms with van der Waals surface area (Å²) in [6.07, 6.45) is 3.65. The van der Waals surface area contributed by atoms with Gasteiger partial charge >= 0.3 is 6.03 Å². The quantitative estimate of drug-likeness (QED) is 0.757. The minimum Gasteiger partial charge on any atom is -0.335 e. The second-order valence-electron chi connectivity index (χ2n) is 4.33. The highest BCUT2D eigenvalue weighted by Gasteiger charge is 2.16. The van der Waals surface area contributed by atoms with Gasteiger partial charge in [-0.05, 0) is 35.0 Å². The lowest BCUT2D eigenvalue weighted by molar-refractivity contribution is 0.251. The third-order valence-electron chi connectivity index (χ3n) is 2.93. The Kier molecular flexibility index (Phi) is 4.32. The average molecular weight is 318 g/mol. The maximum Gasteiger partial charge on any atom is 0.319 e. The first kappa shape index (κ1) is 13.8. The number of urea groups is 1. The number of hydrogen-bond donors (Lipinski definition) is 2. The molecule has 7 heteroatoms. The summed E-state index contributed by atoms with van der Waals surface area (Å²) < 4.78 is 1.86. The van der Waals surface area contributed by atoms with Crippen molar-refractivity contribution in [1.29, 1.82) is 0 Å². The number of hydrogen-bond acceptors (Lipinski definition) is 4. The van der Waals surface area contributed by atoms with Gasteiger partial charge in [-0.2, -0.15) is 5.10 Å². The average Bonchev–Trinajstić information content (AvgIpc) is 3.23. The third-order valence-corrected chi connectivity index (χ3v) is 4.69. The van der Waals surface area contributed by atoms with Gasteiger partial charge in [0.05, 0.1) is 5.00 Å². The molecule has 108 valence electrons. The Morgan fingerprint density at radius 2 is 2.10 bits per heavy atom. The maximum absolute atomic E-state index is 11.9. The predicted octanol–water partition coefficient (Wildman–Crippen LogP) is 3.42. The number of anilines is 1. The number of thiophene rings is 2. The summed E-state index contributed by atoms with van der Waals surface area (Å²) in [6.45, 7) is 0.486. The summed E-state index contributed by atoms with van der Waals surface area (Å²) in [5.74, 6) is 0. The van der Waals surface area contributed by atoms with Crippen LogP contribution in [0, 0.1) is 0 Å². The number of amides is 2. The first-order valence-electron chi connectivity index (χ1n) is 6.44. The van der Waals surface area contributed by atoms with Crippen LogP contribution in [0.5, 0.6) is 0 Å². The van der Waals surface area contributed by atoms with E-state index in [9.17, 15) is 4.79 Å². The van der Waals surface area contributed by atoms with Crippen LogP contribution in [0.25, 0.3) is 0 Å². The van der Waals surface area contributed by atoms with Gasteiger partial charge in [-0.25, -0.2) is 4.79 Å². The monoisotopic (exact) mass is 318 g/mol. The fourth-order valence-electron chi connectivity index (χ4n) is 1.97. The van der Waals surface area contributed by atoms with Crippen molar-refractivity contribution in [3.05, 3.63) is 58.4 Å². The molecule has 2 amide bonds. The van der Waals surface area contributed by atoms with Gasteiger partial charge < -0.3 is 5.32 Å². The summed E-state index contributed by atoms with van der Waals surface area (Å²) in [5.41, 5.74) is 0. The smallest absolute Gasteiger partial charge is 0.319 e. The molecule has 0 radical (unpaired) electrons. The normalized spacial score (nSPS) is 12.0. The summed E-state index contributed by atoms with van der Waals surface area (Å²) in [5, 5.41) is 14.8. The van der Waals surface area contributed by atoms with Crippen LogP contribution in [0.4, 0.5) is 9.80 Å². The molecule has 0 fully saturated rings. The van der Waals surface area contributed by atoms with Crippen molar-refractivity contribution < 1.29 is 4.79 Å². The molecule has 3 aromatic rings. The molecule has 3 heterocycles.